The van der Waals surface area contributed by atoms with Gasteiger partial charge in [0.05, 0.1) is 37.3 Å². The molecule has 1 saturated heterocycles. The minimum Gasteiger partial charge on any atom is -0.497 e. The second-order valence-corrected chi connectivity index (χ2v) is 10.5. The quantitative estimate of drug-likeness (QED) is 0.440. The van der Waals surface area contributed by atoms with Crippen LogP contribution in [-0.2, 0) is 9.53 Å². The topological polar surface area (TPSA) is 106 Å². The number of amides is 3. The normalized spacial score (nSPS) is 20.8. The number of carbonyl (C=O) groups excluding carboxylic acids is 3. The Hall–Kier alpha value is -4.37. The van der Waals surface area contributed by atoms with E-state index in [0.717, 1.165) is 5.56 Å². The summed E-state index contributed by atoms with van der Waals surface area (Å²) in [6.07, 6.45) is 0.937. The molecular formula is C32H35N3O6. The van der Waals surface area contributed by atoms with E-state index in [4.69, 9.17) is 14.2 Å². The molecule has 0 saturated carbocycles. The zero-order valence-corrected chi connectivity index (χ0v) is 23.5. The second kappa shape index (κ2) is 12.4. The van der Waals surface area contributed by atoms with E-state index in [9.17, 15) is 14.4 Å². The Bertz CT molecular complexity index is 1410. The number of benzene rings is 3. The van der Waals surface area contributed by atoms with Gasteiger partial charge in [0.15, 0.2) is 0 Å². The van der Waals surface area contributed by atoms with E-state index in [1.54, 1.807) is 61.5 Å². The number of hydrogen-bond acceptors (Lipinski definition) is 6. The van der Waals surface area contributed by atoms with Gasteiger partial charge in [-0.3, -0.25) is 14.4 Å². The molecule has 5 rings (SSSR count). The SMILES string of the molecule is COc1cccc(C(=O)Nc2ccc3c(c2)C(=O)N(C)[C@@H]2CC[C@H](CC(=O)N[C@@H](C)c4ccccc4)O[C@H]2CO3)c1. The van der Waals surface area contributed by atoms with Gasteiger partial charge in [0.25, 0.3) is 11.8 Å². The van der Waals surface area contributed by atoms with Crippen molar-refractivity contribution in [2.75, 3.05) is 26.1 Å². The lowest BCUT2D eigenvalue weighted by Crippen LogP contribution is -2.54. The van der Waals surface area contributed by atoms with Gasteiger partial charge >= 0.3 is 0 Å². The molecule has 2 aliphatic rings. The molecule has 4 atom stereocenters. The van der Waals surface area contributed by atoms with E-state index in [0.29, 0.717) is 41.2 Å². The third-order valence-corrected chi connectivity index (χ3v) is 7.69. The van der Waals surface area contributed by atoms with Crippen LogP contribution in [0.2, 0.25) is 0 Å². The summed E-state index contributed by atoms with van der Waals surface area (Å²) in [6, 6.07) is 21.4. The van der Waals surface area contributed by atoms with Crippen molar-refractivity contribution in [1.29, 1.82) is 0 Å². The van der Waals surface area contributed by atoms with E-state index < -0.39 is 0 Å². The number of ether oxygens (including phenoxy) is 3. The fourth-order valence-electron chi connectivity index (χ4n) is 5.41. The van der Waals surface area contributed by atoms with Crippen molar-refractivity contribution in [1.82, 2.24) is 10.2 Å². The number of rotatable bonds is 7. The first-order chi connectivity index (χ1) is 19.8. The van der Waals surface area contributed by atoms with Crippen LogP contribution in [0.4, 0.5) is 5.69 Å². The Kier molecular flexibility index (Phi) is 8.54. The third kappa shape index (κ3) is 6.52. The largest absolute Gasteiger partial charge is 0.497 e. The fraction of sp³-hybridized carbons (Fsp3) is 0.344. The van der Waals surface area contributed by atoms with E-state index in [-0.39, 0.29) is 55.0 Å². The molecule has 9 heteroatoms. The van der Waals surface area contributed by atoms with Crippen molar-refractivity contribution in [3.05, 3.63) is 89.5 Å². The molecule has 2 aliphatic heterocycles. The Labute approximate surface area is 239 Å². The molecule has 3 amide bonds. The Morgan fingerprint density at radius 2 is 1.85 bits per heavy atom. The maximum atomic E-state index is 13.5. The van der Waals surface area contributed by atoms with Crippen LogP contribution >= 0.6 is 0 Å². The van der Waals surface area contributed by atoms with Crippen LogP contribution in [0, 0.1) is 0 Å². The average molecular weight is 558 g/mol. The van der Waals surface area contributed by atoms with Crippen molar-refractivity contribution in [2.45, 2.75) is 50.5 Å². The molecule has 41 heavy (non-hydrogen) atoms. The molecular weight excluding hydrogens is 522 g/mol. The summed E-state index contributed by atoms with van der Waals surface area (Å²) in [4.78, 5) is 40.8. The van der Waals surface area contributed by atoms with E-state index >= 15 is 0 Å². The summed E-state index contributed by atoms with van der Waals surface area (Å²) in [7, 11) is 3.30. The summed E-state index contributed by atoms with van der Waals surface area (Å²) < 4.78 is 17.6. The second-order valence-electron chi connectivity index (χ2n) is 10.5. The summed E-state index contributed by atoms with van der Waals surface area (Å²) >= 11 is 0. The van der Waals surface area contributed by atoms with Gasteiger partial charge < -0.3 is 29.7 Å². The van der Waals surface area contributed by atoms with Crippen molar-refractivity contribution >= 4 is 23.4 Å². The number of anilines is 1. The summed E-state index contributed by atoms with van der Waals surface area (Å²) in [5.41, 5.74) is 2.33. The van der Waals surface area contributed by atoms with E-state index in [1.807, 2.05) is 37.3 Å². The molecule has 0 radical (unpaired) electrons. The van der Waals surface area contributed by atoms with Crippen LogP contribution in [0.1, 0.15) is 58.5 Å². The van der Waals surface area contributed by atoms with Crippen molar-refractivity contribution in [3.63, 3.8) is 0 Å². The molecule has 3 aromatic rings. The first kappa shape index (κ1) is 28.2. The van der Waals surface area contributed by atoms with Gasteiger partial charge in [0, 0.05) is 18.3 Å². The van der Waals surface area contributed by atoms with Gasteiger partial charge in [-0.05, 0) is 61.7 Å². The Morgan fingerprint density at radius 1 is 1.05 bits per heavy atom. The molecule has 2 heterocycles. The van der Waals surface area contributed by atoms with Crippen LogP contribution in [0.3, 0.4) is 0 Å². The first-order valence-electron chi connectivity index (χ1n) is 13.8. The highest BCUT2D eigenvalue weighted by Gasteiger charge is 2.39. The highest BCUT2D eigenvalue weighted by atomic mass is 16.5. The fourth-order valence-corrected chi connectivity index (χ4v) is 5.41. The monoisotopic (exact) mass is 557 g/mol. The lowest BCUT2D eigenvalue weighted by molar-refractivity contribution is -0.134. The molecule has 0 aromatic heterocycles. The number of nitrogens with zero attached hydrogens (tertiary/aromatic N) is 1. The van der Waals surface area contributed by atoms with Crippen LogP contribution in [0.5, 0.6) is 11.5 Å². The predicted molar refractivity (Wildman–Crippen MR) is 154 cm³/mol. The van der Waals surface area contributed by atoms with Crippen LogP contribution in [0.25, 0.3) is 0 Å². The van der Waals surface area contributed by atoms with Crippen molar-refractivity contribution in [2.24, 2.45) is 0 Å². The van der Waals surface area contributed by atoms with Gasteiger partial charge in [0.2, 0.25) is 5.91 Å². The summed E-state index contributed by atoms with van der Waals surface area (Å²) in [5.74, 6) is 0.388. The molecule has 2 N–H and O–H groups in total. The smallest absolute Gasteiger partial charge is 0.257 e. The summed E-state index contributed by atoms with van der Waals surface area (Å²) in [5, 5.41) is 5.90. The van der Waals surface area contributed by atoms with E-state index in [1.165, 1.54) is 0 Å². The van der Waals surface area contributed by atoms with Gasteiger partial charge in [-0.2, -0.15) is 0 Å². The number of likely N-dealkylation sites (N-methyl/N-ethyl adjacent to an activating group) is 1. The molecule has 0 spiro atoms. The number of carbonyl (C=O) groups is 3. The highest BCUT2D eigenvalue weighted by molar-refractivity contribution is 6.05. The number of nitrogens with one attached hydrogen (secondary N) is 2. The highest BCUT2D eigenvalue weighted by Crippen LogP contribution is 2.33. The predicted octanol–water partition coefficient (Wildman–Crippen LogP) is 4.60. The molecule has 0 bridgehead atoms. The Balaban J connectivity index is 1.23. The van der Waals surface area contributed by atoms with Gasteiger partial charge in [-0.1, -0.05) is 36.4 Å². The van der Waals surface area contributed by atoms with Crippen molar-refractivity contribution in [3.8, 4) is 11.5 Å². The standard InChI is InChI=1S/C32H35N3O6/c1-20(21-8-5-4-6-9-21)33-30(36)18-25-13-14-27-29(41-25)19-40-28-15-12-23(17-26(28)32(38)35(27)2)34-31(37)22-10-7-11-24(16-22)39-3/h4-12,15-17,20,25,27,29H,13-14,18-19H2,1-3H3,(H,33,36)(H,34,37)/t20-,25+,27+,29-/m0/s1. The summed E-state index contributed by atoms with van der Waals surface area (Å²) in [6.45, 7) is 2.20. The Morgan fingerprint density at radius 3 is 2.63 bits per heavy atom. The van der Waals surface area contributed by atoms with Crippen molar-refractivity contribution < 1.29 is 28.6 Å². The number of methoxy groups -OCH3 is 1. The van der Waals surface area contributed by atoms with Gasteiger partial charge in [-0.15, -0.1) is 0 Å². The van der Waals surface area contributed by atoms with Crippen LogP contribution in [0.15, 0.2) is 72.8 Å². The third-order valence-electron chi connectivity index (χ3n) is 7.69. The molecule has 0 aliphatic carbocycles. The van der Waals surface area contributed by atoms with Crippen LogP contribution < -0.4 is 20.1 Å². The molecule has 214 valence electrons. The maximum absolute atomic E-state index is 13.5. The first-order valence-corrected chi connectivity index (χ1v) is 13.8. The number of hydrogen-bond donors (Lipinski definition) is 2. The lowest BCUT2D eigenvalue weighted by atomic mass is 9.94. The maximum Gasteiger partial charge on any atom is 0.257 e. The molecule has 1 fully saturated rings. The average Bonchev–Trinajstić information content (AvgIpc) is 2.99. The van der Waals surface area contributed by atoms with Crippen LogP contribution in [-0.4, -0.2) is 61.6 Å². The minimum absolute atomic E-state index is 0.0742. The van der Waals surface area contributed by atoms with E-state index in [2.05, 4.69) is 10.6 Å². The zero-order valence-electron chi connectivity index (χ0n) is 23.5. The molecule has 3 aromatic carbocycles. The zero-order chi connectivity index (χ0) is 28.9. The van der Waals surface area contributed by atoms with Gasteiger partial charge in [0.1, 0.15) is 24.2 Å². The minimum atomic E-state index is -0.373. The molecule has 9 nitrogen and oxygen atoms in total. The number of fused-ring (bicyclic) bond motifs is 2. The lowest BCUT2D eigenvalue weighted by Gasteiger charge is -2.42. The molecule has 0 unspecified atom stereocenters. The van der Waals surface area contributed by atoms with Gasteiger partial charge in [-0.25, -0.2) is 0 Å².